The van der Waals surface area contributed by atoms with Crippen LogP contribution in [-0.2, 0) is 9.53 Å². The second-order valence-corrected chi connectivity index (χ2v) is 5.98. The Bertz CT molecular complexity index is 735. The topological polar surface area (TPSA) is 67.4 Å². The molecular formula is C19H21ClN2O3. The van der Waals surface area contributed by atoms with Crippen molar-refractivity contribution < 1.29 is 14.3 Å². The zero-order chi connectivity index (χ0) is 18.2. The SMILES string of the molecule is CCOC(=O)N[C@H](CC(=O)Nc1ccc(Cl)cc1C)c1ccccc1. The number of benzene rings is 2. The van der Waals surface area contributed by atoms with E-state index in [-0.39, 0.29) is 18.9 Å². The maximum absolute atomic E-state index is 12.4. The number of aryl methyl sites for hydroxylation is 1. The number of nitrogens with one attached hydrogen (secondary N) is 2. The lowest BCUT2D eigenvalue weighted by Gasteiger charge is -2.19. The second kappa shape index (κ2) is 9.08. The van der Waals surface area contributed by atoms with Crippen molar-refractivity contribution in [1.29, 1.82) is 0 Å². The molecule has 2 amide bonds. The number of anilines is 1. The zero-order valence-corrected chi connectivity index (χ0v) is 15.0. The molecule has 2 N–H and O–H groups in total. The van der Waals surface area contributed by atoms with E-state index in [4.69, 9.17) is 16.3 Å². The number of hydrogen-bond donors (Lipinski definition) is 2. The minimum atomic E-state index is -0.549. The zero-order valence-electron chi connectivity index (χ0n) is 14.2. The van der Waals surface area contributed by atoms with Gasteiger partial charge in [0.25, 0.3) is 0 Å². The molecule has 0 radical (unpaired) electrons. The summed E-state index contributed by atoms with van der Waals surface area (Å²) in [6, 6.07) is 14.1. The highest BCUT2D eigenvalue weighted by molar-refractivity contribution is 6.30. The average Bonchev–Trinajstić information content (AvgIpc) is 2.58. The molecule has 0 unspecified atom stereocenters. The summed E-state index contributed by atoms with van der Waals surface area (Å²) < 4.78 is 4.93. The molecular weight excluding hydrogens is 340 g/mol. The minimum absolute atomic E-state index is 0.0882. The maximum Gasteiger partial charge on any atom is 0.407 e. The molecule has 0 aliphatic rings. The van der Waals surface area contributed by atoms with Crippen LogP contribution >= 0.6 is 11.6 Å². The Kier molecular flexibility index (Phi) is 6.83. The van der Waals surface area contributed by atoms with Crippen molar-refractivity contribution in [3.8, 4) is 0 Å². The lowest BCUT2D eigenvalue weighted by Crippen LogP contribution is -2.32. The highest BCUT2D eigenvalue weighted by atomic mass is 35.5. The van der Waals surface area contributed by atoms with Crippen molar-refractivity contribution in [3.05, 3.63) is 64.7 Å². The predicted molar refractivity (Wildman–Crippen MR) is 98.8 cm³/mol. The van der Waals surface area contributed by atoms with Crippen molar-refractivity contribution in [2.24, 2.45) is 0 Å². The number of carbonyl (C=O) groups excluding carboxylic acids is 2. The van der Waals surface area contributed by atoms with Gasteiger partial charge in [0.15, 0.2) is 0 Å². The van der Waals surface area contributed by atoms with Gasteiger partial charge < -0.3 is 15.4 Å². The van der Waals surface area contributed by atoms with Gasteiger partial charge in [0, 0.05) is 10.7 Å². The third-order valence-electron chi connectivity index (χ3n) is 3.62. The van der Waals surface area contributed by atoms with Crippen molar-refractivity contribution in [2.75, 3.05) is 11.9 Å². The number of hydrogen-bond acceptors (Lipinski definition) is 3. The van der Waals surface area contributed by atoms with Crippen LogP contribution < -0.4 is 10.6 Å². The van der Waals surface area contributed by atoms with Gasteiger partial charge in [0.05, 0.1) is 19.1 Å². The van der Waals surface area contributed by atoms with Gasteiger partial charge in [0.1, 0.15) is 0 Å². The Balaban J connectivity index is 2.09. The monoisotopic (exact) mass is 360 g/mol. The van der Waals surface area contributed by atoms with E-state index in [0.717, 1.165) is 11.1 Å². The average molecular weight is 361 g/mol. The summed E-state index contributed by atoms with van der Waals surface area (Å²) in [4.78, 5) is 24.2. The number of carbonyl (C=O) groups is 2. The van der Waals surface area contributed by atoms with Gasteiger partial charge in [-0.1, -0.05) is 41.9 Å². The Morgan fingerprint density at radius 3 is 2.52 bits per heavy atom. The van der Waals surface area contributed by atoms with Crippen LogP contribution in [0, 0.1) is 6.92 Å². The lowest BCUT2D eigenvalue weighted by atomic mass is 10.0. The molecule has 0 saturated heterocycles. The number of halogens is 1. The first-order valence-electron chi connectivity index (χ1n) is 8.04. The normalized spacial score (nSPS) is 11.5. The molecule has 0 aliphatic carbocycles. The van der Waals surface area contributed by atoms with E-state index in [0.29, 0.717) is 10.7 Å². The lowest BCUT2D eigenvalue weighted by molar-refractivity contribution is -0.116. The van der Waals surface area contributed by atoms with Crippen LogP contribution in [0.2, 0.25) is 5.02 Å². The first-order valence-corrected chi connectivity index (χ1v) is 8.41. The van der Waals surface area contributed by atoms with Gasteiger partial charge in [0.2, 0.25) is 5.91 Å². The Morgan fingerprint density at radius 1 is 1.16 bits per heavy atom. The summed E-state index contributed by atoms with van der Waals surface area (Å²) in [6.07, 6.45) is -0.461. The summed E-state index contributed by atoms with van der Waals surface area (Å²) in [5.74, 6) is -0.212. The second-order valence-electron chi connectivity index (χ2n) is 5.54. The highest BCUT2D eigenvalue weighted by Gasteiger charge is 2.19. The summed E-state index contributed by atoms with van der Waals surface area (Å²) in [5.41, 5.74) is 2.39. The van der Waals surface area contributed by atoms with E-state index < -0.39 is 12.1 Å². The molecule has 0 heterocycles. The largest absolute Gasteiger partial charge is 0.450 e. The Morgan fingerprint density at radius 2 is 1.88 bits per heavy atom. The summed E-state index contributed by atoms with van der Waals surface area (Å²) in [6.45, 7) is 3.86. The van der Waals surface area contributed by atoms with E-state index in [9.17, 15) is 9.59 Å². The van der Waals surface area contributed by atoms with Crippen molar-refractivity contribution in [2.45, 2.75) is 26.3 Å². The van der Waals surface area contributed by atoms with Gasteiger partial charge in [-0.3, -0.25) is 4.79 Å². The van der Waals surface area contributed by atoms with Crippen LogP contribution in [-0.4, -0.2) is 18.6 Å². The fourth-order valence-corrected chi connectivity index (χ4v) is 2.63. The molecule has 2 rings (SSSR count). The summed E-state index contributed by atoms with van der Waals surface area (Å²) in [5, 5.41) is 6.20. The van der Waals surface area contributed by atoms with E-state index in [2.05, 4.69) is 10.6 Å². The number of ether oxygens (including phenoxy) is 1. The molecule has 0 bridgehead atoms. The van der Waals surface area contributed by atoms with Crippen LogP contribution in [0.15, 0.2) is 48.5 Å². The first kappa shape index (κ1) is 18.8. The number of rotatable bonds is 6. The summed E-state index contributed by atoms with van der Waals surface area (Å²) >= 11 is 5.93. The fraction of sp³-hybridized carbons (Fsp3) is 0.263. The molecule has 2 aromatic carbocycles. The molecule has 0 aliphatic heterocycles. The molecule has 2 aromatic rings. The van der Waals surface area contributed by atoms with Crippen LogP contribution in [0.25, 0.3) is 0 Å². The van der Waals surface area contributed by atoms with Gasteiger partial charge >= 0.3 is 6.09 Å². The molecule has 1 atom stereocenters. The first-order chi connectivity index (χ1) is 12.0. The third kappa shape index (κ3) is 5.80. The maximum atomic E-state index is 12.4. The molecule has 0 aromatic heterocycles. The van der Waals surface area contributed by atoms with Crippen LogP contribution in [0.4, 0.5) is 10.5 Å². The quantitative estimate of drug-likeness (QED) is 0.798. The number of amides is 2. The fourth-order valence-electron chi connectivity index (χ4n) is 2.41. The smallest absolute Gasteiger partial charge is 0.407 e. The minimum Gasteiger partial charge on any atom is -0.450 e. The van der Waals surface area contributed by atoms with Crippen LogP contribution in [0.3, 0.4) is 0 Å². The van der Waals surface area contributed by atoms with Crippen LogP contribution in [0.5, 0.6) is 0 Å². The van der Waals surface area contributed by atoms with Crippen molar-refractivity contribution in [1.82, 2.24) is 5.32 Å². The van der Waals surface area contributed by atoms with Gasteiger partial charge in [-0.15, -0.1) is 0 Å². The molecule has 6 heteroatoms. The molecule has 25 heavy (non-hydrogen) atoms. The third-order valence-corrected chi connectivity index (χ3v) is 3.86. The van der Waals surface area contributed by atoms with Crippen molar-refractivity contribution in [3.63, 3.8) is 0 Å². The Labute approximate surface area is 152 Å². The molecule has 0 spiro atoms. The highest BCUT2D eigenvalue weighted by Crippen LogP contribution is 2.22. The standard InChI is InChI=1S/C19H21ClN2O3/c1-3-25-19(24)22-17(14-7-5-4-6-8-14)12-18(23)21-16-10-9-15(20)11-13(16)2/h4-11,17H,3,12H2,1-2H3,(H,21,23)(H,22,24)/t17-/m1/s1. The molecule has 0 fully saturated rings. The molecule has 132 valence electrons. The van der Waals surface area contributed by atoms with Crippen LogP contribution in [0.1, 0.15) is 30.5 Å². The molecule has 0 saturated carbocycles. The van der Waals surface area contributed by atoms with Crippen molar-refractivity contribution >= 4 is 29.3 Å². The van der Waals surface area contributed by atoms with E-state index in [1.54, 1.807) is 25.1 Å². The van der Waals surface area contributed by atoms with Gasteiger partial charge in [-0.2, -0.15) is 0 Å². The molecule has 5 nitrogen and oxygen atoms in total. The van der Waals surface area contributed by atoms with E-state index in [1.165, 1.54) is 0 Å². The summed E-state index contributed by atoms with van der Waals surface area (Å²) in [7, 11) is 0. The van der Waals surface area contributed by atoms with E-state index >= 15 is 0 Å². The van der Waals surface area contributed by atoms with E-state index in [1.807, 2.05) is 37.3 Å². The van der Waals surface area contributed by atoms with Gasteiger partial charge in [-0.05, 0) is 43.2 Å². The van der Waals surface area contributed by atoms with Gasteiger partial charge in [-0.25, -0.2) is 4.79 Å². The Hall–Kier alpha value is -2.53. The number of alkyl carbamates (subject to hydrolysis) is 1. The predicted octanol–water partition coefficient (Wildman–Crippen LogP) is 4.46.